The van der Waals surface area contributed by atoms with Crippen LogP contribution in [0.4, 0.5) is 11.5 Å². The Bertz CT molecular complexity index is 656. The Morgan fingerprint density at radius 1 is 1.50 bits per heavy atom. The van der Waals surface area contributed by atoms with Crippen LogP contribution in [0.25, 0.3) is 0 Å². The van der Waals surface area contributed by atoms with Crippen molar-refractivity contribution in [3.05, 3.63) is 17.7 Å². The molecule has 0 amide bonds. The van der Waals surface area contributed by atoms with Crippen molar-refractivity contribution >= 4 is 21.5 Å². The van der Waals surface area contributed by atoms with Gasteiger partial charge in [0.15, 0.2) is 10.8 Å². The predicted octanol–water partition coefficient (Wildman–Crippen LogP) is 0.387. The average Bonchev–Trinajstić information content (AvgIpc) is 2.91. The van der Waals surface area contributed by atoms with E-state index in [1.54, 1.807) is 6.92 Å². The molecule has 0 fully saturated rings. The molecule has 2 aromatic heterocycles. The second-order valence-electron chi connectivity index (χ2n) is 3.76. The second kappa shape index (κ2) is 4.33. The first-order valence-corrected chi connectivity index (χ1v) is 6.79. The van der Waals surface area contributed by atoms with Crippen molar-refractivity contribution in [2.75, 3.05) is 10.5 Å². The lowest BCUT2D eigenvalue weighted by Gasteiger charge is -2.03. The van der Waals surface area contributed by atoms with Gasteiger partial charge in [-0.15, -0.1) is 0 Å². The number of anilines is 2. The molecule has 0 aliphatic rings. The van der Waals surface area contributed by atoms with Gasteiger partial charge in [-0.25, -0.2) is 4.98 Å². The van der Waals surface area contributed by atoms with Gasteiger partial charge in [-0.05, 0) is 6.92 Å². The SMILES string of the molecule is CCc1ncc(S(=O)(=O)Nc2n[nH]c(C)c2N)[nH]1. The third kappa shape index (κ3) is 2.16. The maximum absolute atomic E-state index is 12.0. The van der Waals surface area contributed by atoms with Crippen LogP contribution < -0.4 is 10.5 Å². The summed E-state index contributed by atoms with van der Waals surface area (Å²) < 4.78 is 26.3. The molecular formula is C9H14N6O2S. The van der Waals surface area contributed by atoms with E-state index in [-0.39, 0.29) is 16.5 Å². The highest BCUT2D eigenvalue weighted by molar-refractivity contribution is 7.92. The van der Waals surface area contributed by atoms with Crippen molar-refractivity contribution in [1.29, 1.82) is 0 Å². The number of aromatic amines is 2. The molecule has 2 aromatic rings. The van der Waals surface area contributed by atoms with Crippen molar-refractivity contribution in [3.63, 3.8) is 0 Å². The minimum Gasteiger partial charge on any atom is -0.394 e. The van der Waals surface area contributed by atoms with Gasteiger partial charge in [-0.3, -0.25) is 9.82 Å². The standard InChI is InChI=1S/C9H14N6O2S/c1-3-6-11-4-7(12-6)18(16,17)15-9-8(10)5(2)13-14-9/h4H,3,10H2,1-2H3,(H,11,12)(H2,13,14,15). The molecule has 9 heteroatoms. The smallest absolute Gasteiger partial charge is 0.280 e. The maximum Gasteiger partial charge on any atom is 0.280 e. The summed E-state index contributed by atoms with van der Waals surface area (Å²) in [7, 11) is -3.74. The molecule has 98 valence electrons. The Hall–Kier alpha value is -2.03. The molecule has 0 aliphatic heterocycles. The lowest BCUT2D eigenvalue weighted by Crippen LogP contribution is -2.14. The van der Waals surface area contributed by atoms with E-state index < -0.39 is 10.0 Å². The van der Waals surface area contributed by atoms with Gasteiger partial charge in [0.05, 0.1) is 17.6 Å². The fourth-order valence-corrected chi connectivity index (χ4v) is 2.32. The van der Waals surface area contributed by atoms with Crippen LogP contribution in [0, 0.1) is 6.92 Å². The van der Waals surface area contributed by atoms with E-state index in [2.05, 4.69) is 24.9 Å². The molecule has 0 atom stereocenters. The molecule has 5 N–H and O–H groups in total. The van der Waals surface area contributed by atoms with Crippen molar-refractivity contribution < 1.29 is 8.42 Å². The van der Waals surface area contributed by atoms with Gasteiger partial charge in [-0.2, -0.15) is 13.5 Å². The van der Waals surface area contributed by atoms with Crippen LogP contribution >= 0.6 is 0 Å². The van der Waals surface area contributed by atoms with Gasteiger partial charge in [0, 0.05) is 6.42 Å². The fraction of sp³-hybridized carbons (Fsp3) is 0.333. The normalized spacial score (nSPS) is 11.7. The van der Waals surface area contributed by atoms with E-state index >= 15 is 0 Å². The summed E-state index contributed by atoms with van der Waals surface area (Å²) in [6.45, 7) is 3.57. The molecule has 0 radical (unpaired) electrons. The highest BCUT2D eigenvalue weighted by Gasteiger charge is 2.20. The Morgan fingerprint density at radius 3 is 2.72 bits per heavy atom. The molecule has 0 aromatic carbocycles. The topological polar surface area (TPSA) is 130 Å². The summed E-state index contributed by atoms with van der Waals surface area (Å²) in [5.74, 6) is 0.682. The lowest BCUT2D eigenvalue weighted by atomic mass is 10.4. The largest absolute Gasteiger partial charge is 0.394 e. The zero-order valence-corrected chi connectivity index (χ0v) is 10.8. The van der Waals surface area contributed by atoms with Crippen LogP contribution in [-0.2, 0) is 16.4 Å². The Balaban J connectivity index is 2.30. The third-order valence-corrected chi connectivity index (χ3v) is 3.70. The number of sulfonamides is 1. The fourth-order valence-electron chi connectivity index (χ4n) is 1.36. The van der Waals surface area contributed by atoms with Crippen molar-refractivity contribution in [2.24, 2.45) is 0 Å². The number of nitrogens with zero attached hydrogens (tertiary/aromatic N) is 2. The number of aryl methyl sites for hydroxylation is 2. The number of hydrogen-bond donors (Lipinski definition) is 4. The van der Waals surface area contributed by atoms with E-state index in [1.807, 2.05) is 6.92 Å². The molecular weight excluding hydrogens is 256 g/mol. The molecule has 0 spiro atoms. The first-order chi connectivity index (χ1) is 8.44. The summed E-state index contributed by atoms with van der Waals surface area (Å²) in [6, 6.07) is 0. The minimum absolute atomic E-state index is 0.0144. The molecule has 0 saturated heterocycles. The molecule has 0 unspecified atom stereocenters. The molecule has 18 heavy (non-hydrogen) atoms. The summed E-state index contributed by atoms with van der Waals surface area (Å²) in [6.07, 6.45) is 1.88. The first kappa shape index (κ1) is 12.4. The molecule has 8 nitrogen and oxygen atoms in total. The van der Waals surface area contributed by atoms with E-state index in [4.69, 9.17) is 5.73 Å². The number of imidazole rings is 1. The zero-order valence-electron chi connectivity index (χ0n) is 9.98. The Morgan fingerprint density at radius 2 is 2.22 bits per heavy atom. The predicted molar refractivity (Wildman–Crippen MR) is 66.5 cm³/mol. The lowest BCUT2D eigenvalue weighted by molar-refractivity contribution is 0.597. The molecule has 2 rings (SSSR count). The van der Waals surface area contributed by atoms with Crippen LogP contribution in [0.3, 0.4) is 0 Å². The van der Waals surface area contributed by atoms with Crippen LogP contribution in [0.1, 0.15) is 18.4 Å². The maximum atomic E-state index is 12.0. The van der Waals surface area contributed by atoms with Crippen LogP contribution in [-0.4, -0.2) is 28.6 Å². The summed E-state index contributed by atoms with van der Waals surface area (Å²) >= 11 is 0. The molecule has 0 bridgehead atoms. The van der Waals surface area contributed by atoms with Crippen molar-refractivity contribution in [3.8, 4) is 0 Å². The monoisotopic (exact) mass is 270 g/mol. The van der Waals surface area contributed by atoms with Crippen LogP contribution in [0.5, 0.6) is 0 Å². The minimum atomic E-state index is -3.74. The zero-order chi connectivity index (χ0) is 13.3. The second-order valence-corrected chi connectivity index (χ2v) is 5.41. The Kier molecular flexibility index (Phi) is 2.99. The van der Waals surface area contributed by atoms with Gasteiger partial charge >= 0.3 is 0 Å². The summed E-state index contributed by atoms with van der Waals surface area (Å²) in [5.41, 5.74) is 6.55. The first-order valence-electron chi connectivity index (χ1n) is 5.31. The highest BCUT2D eigenvalue weighted by atomic mass is 32.2. The van der Waals surface area contributed by atoms with Gasteiger partial charge < -0.3 is 10.7 Å². The average molecular weight is 270 g/mol. The van der Waals surface area contributed by atoms with E-state index in [0.717, 1.165) is 0 Å². The third-order valence-electron chi connectivity index (χ3n) is 2.46. The van der Waals surface area contributed by atoms with Gasteiger partial charge in [0.2, 0.25) is 0 Å². The van der Waals surface area contributed by atoms with Gasteiger partial charge in [0.1, 0.15) is 5.82 Å². The van der Waals surface area contributed by atoms with Crippen molar-refractivity contribution in [1.82, 2.24) is 20.2 Å². The molecule has 0 aliphatic carbocycles. The van der Waals surface area contributed by atoms with E-state index in [9.17, 15) is 8.42 Å². The summed E-state index contributed by atoms with van der Waals surface area (Å²) in [4.78, 5) is 6.65. The highest BCUT2D eigenvalue weighted by Crippen LogP contribution is 2.21. The van der Waals surface area contributed by atoms with Crippen molar-refractivity contribution in [2.45, 2.75) is 25.3 Å². The molecule has 0 saturated carbocycles. The van der Waals surface area contributed by atoms with Gasteiger partial charge in [-0.1, -0.05) is 6.92 Å². The number of aromatic nitrogens is 4. The Labute approximate surface area is 104 Å². The number of rotatable bonds is 4. The van der Waals surface area contributed by atoms with Gasteiger partial charge in [0.25, 0.3) is 10.0 Å². The number of H-pyrrole nitrogens is 2. The van der Waals surface area contributed by atoms with Crippen LogP contribution in [0.15, 0.2) is 11.2 Å². The van der Waals surface area contributed by atoms with Crippen LogP contribution in [0.2, 0.25) is 0 Å². The number of nitrogens with one attached hydrogen (secondary N) is 3. The van der Waals surface area contributed by atoms with E-state index in [0.29, 0.717) is 17.9 Å². The number of nitrogens with two attached hydrogens (primary N) is 1. The quantitative estimate of drug-likeness (QED) is 0.638. The number of hydrogen-bond acceptors (Lipinski definition) is 5. The molecule has 2 heterocycles. The number of nitrogen functional groups attached to an aromatic ring is 1. The van der Waals surface area contributed by atoms with E-state index in [1.165, 1.54) is 6.20 Å². The summed E-state index contributed by atoms with van der Waals surface area (Å²) in [5, 5.41) is 6.36.